The number of anilines is 1. The van der Waals surface area contributed by atoms with Crippen LogP contribution in [0.15, 0.2) is 12.4 Å². The molecule has 0 radical (unpaired) electrons. The summed E-state index contributed by atoms with van der Waals surface area (Å²) in [6.45, 7) is 9.12. The molecular weight excluding hydrogens is 238 g/mol. The summed E-state index contributed by atoms with van der Waals surface area (Å²) in [5.41, 5.74) is 7.90. The van der Waals surface area contributed by atoms with Crippen LogP contribution in [-0.2, 0) is 13.0 Å². The second-order valence-electron chi connectivity index (χ2n) is 5.00. The van der Waals surface area contributed by atoms with Crippen molar-refractivity contribution < 1.29 is 0 Å². The molecule has 0 unspecified atom stereocenters. The number of hydrogen-bond acceptors (Lipinski definition) is 4. The maximum Gasteiger partial charge on any atom is 0.133 e. The highest BCUT2D eigenvalue weighted by molar-refractivity contribution is 5.42. The van der Waals surface area contributed by atoms with Crippen LogP contribution in [0.3, 0.4) is 0 Å². The van der Waals surface area contributed by atoms with Gasteiger partial charge in [-0.15, -0.1) is 0 Å². The summed E-state index contributed by atoms with van der Waals surface area (Å²) in [6.07, 6.45) is 4.50. The summed E-state index contributed by atoms with van der Waals surface area (Å²) in [6, 6.07) is 0. The lowest BCUT2D eigenvalue weighted by molar-refractivity contribution is 0.699. The zero-order chi connectivity index (χ0) is 14.0. The van der Waals surface area contributed by atoms with Crippen LogP contribution in [0.4, 0.5) is 5.82 Å². The average molecular weight is 259 g/mol. The first-order valence-corrected chi connectivity index (χ1v) is 6.65. The van der Waals surface area contributed by atoms with E-state index >= 15 is 0 Å². The van der Waals surface area contributed by atoms with Crippen LogP contribution in [-0.4, -0.2) is 19.5 Å². The second-order valence-corrected chi connectivity index (χ2v) is 5.00. The molecule has 0 spiro atoms. The van der Waals surface area contributed by atoms with Crippen molar-refractivity contribution in [1.82, 2.24) is 19.5 Å². The number of nitrogen functional groups attached to an aromatic ring is 1. The fourth-order valence-electron chi connectivity index (χ4n) is 1.98. The van der Waals surface area contributed by atoms with E-state index in [4.69, 9.17) is 5.73 Å². The zero-order valence-corrected chi connectivity index (χ0v) is 12.0. The second kappa shape index (κ2) is 5.38. The van der Waals surface area contributed by atoms with Crippen molar-refractivity contribution in [2.24, 2.45) is 0 Å². The molecule has 0 saturated heterocycles. The van der Waals surface area contributed by atoms with Crippen LogP contribution in [0.2, 0.25) is 0 Å². The third-order valence-electron chi connectivity index (χ3n) is 3.29. The molecule has 5 heteroatoms. The SMILES string of the molecule is CCn1ccnc1Cc1nc(C(C)C)nc(N)c1C. The average Bonchev–Trinajstić information content (AvgIpc) is 2.81. The van der Waals surface area contributed by atoms with Gasteiger partial charge in [0.1, 0.15) is 17.5 Å². The van der Waals surface area contributed by atoms with Crippen LogP contribution in [0, 0.1) is 6.92 Å². The molecule has 5 nitrogen and oxygen atoms in total. The van der Waals surface area contributed by atoms with Crippen LogP contribution in [0.1, 0.15) is 49.6 Å². The van der Waals surface area contributed by atoms with Gasteiger partial charge in [0.2, 0.25) is 0 Å². The zero-order valence-electron chi connectivity index (χ0n) is 12.0. The summed E-state index contributed by atoms with van der Waals surface area (Å²) in [4.78, 5) is 13.4. The first kappa shape index (κ1) is 13.5. The number of nitrogens with two attached hydrogens (primary N) is 1. The molecule has 102 valence electrons. The lowest BCUT2D eigenvalue weighted by atomic mass is 10.1. The quantitative estimate of drug-likeness (QED) is 0.914. The highest BCUT2D eigenvalue weighted by Crippen LogP contribution is 2.19. The molecule has 0 aliphatic rings. The smallest absolute Gasteiger partial charge is 0.133 e. The predicted molar refractivity (Wildman–Crippen MR) is 76.0 cm³/mol. The largest absolute Gasteiger partial charge is 0.383 e. The Hall–Kier alpha value is -1.91. The van der Waals surface area contributed by atoms with E-state index in [9.17, 15) is 0 Å². The van der Waals surface area contributed by atoms with E-state index in [2.05, 4.69) is 40.3 Å². The van der Waals surface area contributed by atoms with E-state index < -0.39 is 0 Å². The Morgan fingerprint density at radius 1 is 1.32 bits per heavy atom. The molecule has 2 N–H and O–H groups in total. The Labute approximate surface area is 113 Å². The fraction of sp³-hybridized carbons (Fsp3) is 0.500. The van der Waals surface area contributed by atoms with Crippen molar-refractivity contribution in [3.05, 3.63) is 35.3 Å². The normalized spacial score (nSPS) is 11.2. The van der Waals surface area contributed by atoms with Crippen LogP contribution >= 0.6 is 0 Å². The highest BCUT2D eigenvalue weighted by atomic mass is 15.1. The van der Waals surface area contributed by atoms with Gasteiger partial charge < -0.3 is 10.3 Å². The van der Waals surface area contributed by atoms with E-state index in [1.54, 1.807) is 0 Å². The molecule has 0 aromatic carbocycles. The van der Waals surface area contributed by atoms with E-state index in [-0.39, 0.29) is 5.92 Å². The molecule has 2 aromatic rings. The van der Waals surface area contributed by atoms with Crippen molar-refractivity contribution in [2.75, 3.05) is 5.73 Å². The molecule has 0 fully saturated rings. The molecular formula is C14H21N5. The predicted octanol–water partition coefficient (Wildman–Crippen LogP) is 2.30. The minimum Gasteiger partial charge on any atom is -0.383 e. The first-order chi connectivity index (χ1) is 9.02. The molecule has 0 aliphatic heterocycles. The monoisotopic (exact) mass is 259 g/mol. The minimum atomic E-state index is 0.271. The fourth-order valence-corrected chi connectivity index (χ4v) is 1.98. The highest BCUT2D eigenvalue weighted by Gasteiger charge is 2.13. The number of imidazole rings is 1. The Morgan fingerprint density at radius 3 is 2.68 bits per heavy atom. The maximum absolute atomic E-state index is 5.98. The summed E-state index contributed by atoms with van der Waals surface area (Å²) < 4.78 is 2.12. The number of hydrogen-bond donors (Lipinski definition) is 1. The molecule has 0 aliphatic carbocycles. The van der Waals surface area contributed by atoms with Crippen molar-refractivity contribution >= 4 is 5.82 Å². The number of aryl methyl sites for hydroxylation is 1. The summed E-state index contributed by atoms with van der Waals surface area (Å²) in [5.74, 6) is 2.65. The van der Waals surface area contributed by atoms with E-state index in [0.29, 0.717) is 12.2 Å². The summed E-state index contributed by atoms with van der Waals surface area (Å²) >= 11 is 0. The van der Waals surface area contributed by atoms with Gasteiger partial charge in [0.15, 0.2) is 0 Å². The van der Waals surface area contributed by atoms with Gasteiger partial charge in [-0.2, -0.15) is 0 Å². The van der Waals surface area contributed by atoms with Crippen molar-refractivity contribution in [3.63, 3.8) is 0 Å². The van der Waals surface area contributed by atoms with Gasteiger partial charge in [0.05, 0.1) is 5.69 Å². The molecule has 2 heterocycles. The third-order valence-corrected chi connectivity index (χ3v) is 3.29. The maximum atomic E-state index is 5.98. The Bertz CT molecular complexity index is 571. The standard InChI is InChI=1S/C14H21N5/c1-5-19-7-6-16-12(19)8-11-10(4)13(15)18-14(17-11)9(2)3/h6-7,9H,5,8H2,1-4H3,(H2,15,17,18). The van der Waals surface area contributed by atoms with Gasteiger partial charge in [0, 0.05) is 36.8 Å². The van der Waals surface area contributed by atoms with E-state index in [1.807, 2.05) is 19.3 Å². The topological polar surface area (TPSA) is 69.6 Å². The third kappa shape index (κ3) is 2.75. The van der Waals surface area contributed by atoms with E-state index in [0.717, 1.165) is 29.5 Å². The van der Waals surface area contributed by atoms with Gasteiger partial charge in [0.25, 0.3) is 0 Å². The number of rotatable bonds is 4. The Balaban J connectivity index is 2.39. The Morgan fingerprint density at radius 2 is 2.05 bits per heavy atom. The van der Waals surface area contributed by atoms with Gasteiger partial charge in [-0.1, -0.05) is 13.8 Å². The molecule has 0 bridgehead atoms. The molecule has 0 amide bonds. The minimum absolute atomic E-state index is 0.271. The van der Waals surface area contributed by atoms with Crippen LogP contribution in [0.25, 0.3) is 0 Å². The molecule has 0 saturated carbocycles. The van der Waals surface area contributed by atoms with Gasteiger partial charge in [-0.25, -0.2) is 15.0 Å². The number of nitrogens with zero attached hydrogens (tertiary/aromatic N) is 4. The van der Waals surface area contributed by atoms with E-state index in [1.165, 1.54) is 0 Å². The Kier molecular flexibility index (Phi) is 3.83. The van der Waals surface area contributed by atoms with Gasteiger partial charge >= 0.3 is 0 Å². The lowest BCUT2D eigenvalue weighted by Crippen LogP contribution is -2.11. The summed E-state index contributed by atoms with van der Waals surface area (Å²) in [7, 11) is 0. The van der Waals surface area contributed by atoms with Crippen LogP contribution in [0.5, 0.6) is 0 Å². The first-order valence-electron chi connectivity index (χ1n) is 6.65. The molecule has 2 rings (SSSR count). The molecule has 2 aromatic heterocycles. The van der Waals surface area contributed by atoms with Crippen molar-refractivity contribution in [2.45, 2.75) is 46.6 Å². The number of aromatic nitrogens is 4. The van der Waals surface area contributed by atoms with Gasteiger partial charge in [-0.3, -0.25) is 0 Å². The molecule has 19 heavy (non-hydrogen) atoms. The molecule has 0 atom stereocenters. The van der Waals surface area contributed by atoms with Crippen LogP contribution < -0.4 is 5.73 Å². The van der Waals surface area contributed by atoms with Crippen molar-refractivity contribution in [3.8, 4) is 0 Å². The van der Waals surface area contributed by atoms with Gasteiger partial charge in [-0.05, 0) is 13.8 Å². The van der Waals surface area contributed by atoms with Crippen molar-refractivity contribution in [1.29, 1.82) is 0 Å². The summed E-state index contributed by atoms with van der Waals surface area (Å²) in [5, 5.41) is 0. The lowest BCUT2D eigenvalue weighted by Gasteiger charge is -2.12.